The third-order valence-corrected chi connectivity index (χ3v) is 3.44. The molecule has 0 saturated carbocycles. The van der Waals surface area contributed by atoms with E-state index in [0.29, 0.717) is 46.2 Å². The van der Waals surface area contributed by atoms with Gasteiger partial charge in [0.25, 0.3) is 0 Å². The van der Waals surface area contributed by atoms with E-state index in [-0.39, 0.29) is 2.85 Å². The zero-order valence-corrected chi connectivity index (χ0v) is 16.9. The minimum Gasteiger partial charge on any atom is -0.387 e. The molecule has 0 rings (SSSR count). The highest BCUT2D eigenvalue weighted by molar-refractivity contribution is 4.90. The molecule has 0 aliphatic heterocycles. The number of allylic oxidation sites excluding steroid dienone is 1. The average Bonchev–Trinajstić information content (AvgIpc) is 2.64. The molecule has 6 heteroatoms. The Morgan fingerprint density at radius 2 is 1.23 bits per heavy atom. The van der Waals surface area contributed by atoms with E-state index < -0.39 is 0 Å². The lowest BCUT2D eigenvalue weighted by Gasteiger charge is -2.11. The Hall–Kier alpha value is -1.08. The molecular weight excluding hydrogens is 332 g/mol. The number of unbranched alkanes of at least 4 members (excludes halogenated alkanes) is 1. The quantitative estimate of drug-likeness (QED) is 0.300. The molecule has 0 spiro atoms. The third kappa shape index (κ3) is 19.2. The van der Waals surface area contributed by atoms with Gasteiger partial charge in [0.15, 0.2) is 0 Å². The summed E-state index contributed by atoms with van der Waals surface area (Å²) in [6, 6.07) is 0. The molecular formula is C20H44N2O4. The largest absolute Gasteiger partial charge is 0.387 e. The van der Waals surface area contributed by atoms with E-state index in [4.69, 9.17) is 18.9 Å². The van der Waals surface area contributed by atoms with Gasteiger partial charge in [-0.05, 0) is 19.3 Å². The molecule has 0 atom stereocenters. The topological polar surface area (TPSA) is 61.0 Å². The maximum atomic E-state index is 5.50. The molecule has 0 bridgehead atoms. The summed E-state index contributed by atoms with van der Waals surface area (Å²) in [6.45, 7) is 18.6. The molecule has 0 aromatic heterocycles. The van der Waals surface area contributed by atoms with Crippen LogP contribution in [0.3, 0.4) is 0 Å². The summed E-state index contributed by atoms with van der Waals surface area (Å²) in [5.74, 6) is 0. The summed E-state index contributed by atoms with van der Waals surface area (Å²) in [6.07, 6.45) is 4.43. The second-order valence-electron chi connectivity index (χ2n) is 6.05. The van der Waals surface area contributed by atoms with E-state index in [1.54, 1.807) is 0 Å². The molecule has 6 nitrogen and oxygen atoms in total. The second-order valence-corrected chi connectivity index (χ2v) is 6.05. The highest BCUT2D eigenvalue weighted by atomic mass is 16.5. The van der Waals surface area contributed by atoms with Crippen molar-refractivity contribution in [1.82, 2.24) is 10.6 Å². The van der Waals surface area contributed by atoms with E-state index in [1.807, 2.05) is 0 Å². The van der Waals surface area contributed by atoms with E-state index in [9.17, 15) is 0 Å². The zero-order chi connectivity index (χ0) is 19.3. The van der Waals surface area contributed by atoms with Crippen LogP contribution in [-0.2, 0) is 18.9 Å². The molecule has 0 amide bonds. The maximum absolute atomic E-state index is 5.50. The summed E-state index contributed by atoms with van der Waals surface area (Å²) in [7, 11) is 0. The van der Waals surface area contributed by atoms with Gasteiger partial charge in [0.05, 0.1) is 46.2 Å². The first-order valence-electron chi connectivity index (χ1n) is 9.84. The molecule has 0 aliphatic rings. The van der Waals surface area contributed by atoms with Crippen LogP contribution >= 0.6 is 0 Å². The third-order valence-electron chi connectivity index (χ3n) is 3.44. The predicted molar refractivity (Wildman–Crippen MR) is 112 cm³/mol. The molecule has 0 fully saturated rings. The van der Waals surface area contributed by atoms with Crippen molar-refractivity contribution in [2.24, 2.45) is 0 Å². The molecule has 0 unspecified atom stereocenters. The summed E-state index contributed by atoms with van der Waals surface area (Å²) < 4.78 is 21.8. The number of hydrogen-bond donors (Lipinski definition) is 2. The van der Waals surface area contributed by atoms with Crippen LogP contribution in [0, 0.1) is 0 Å². The lowest BCUT2D eigenvalue weighted by molar-refractivity contribution is 0.0160. The van der Waals surface area contributed by atoms with Crippen LogP contribution in [0.25, 0.3) is 0 Å². The van der Waals surface area contributed by atoms with Crippen LogP contribution in [0.1, 0.15) is 42.4 Å². The average molecular weight is 377 g/mol. The molecule has 0 aromatic carbocycles. The van der Waals surface area contributed by atoms with E-state index in [2.05, 4.69) is 37.6 Å². The molecule has 0 heterocycles. The lowest BCUT2D eigenvalue weighted by atomic mass is 10.2. The van der Waals surface area contributed by atoms with Gasteiger partial charge >= 0.3 is 0 Å². The molecule has 158 valence electrons. The van der Waals surface area contributed by atoms with Gasteiger partial charge in [-0.25, -0.2) is 0 Å². The van der Waals surface area contributed by atoms with Gasteiger partial charge in [-0.3, -0.25) is 0 Å². The lowest BCUT2D eigenvalue weighted by Crippen LogP contribution is -2.22. The van der Waals surface area contributed by atoms with Gasteiger partial charge in [-0.1, -0.05) is 33.4 Å². The van der Waals surface area contributed by atoms with Crippen molar-refractivity contribution >= 4 is 0 Å². The van der Waals surface area contributed by atoms with Gasteiger partial charge in [0, 0.05) is 33.9 Å². The Morgan fingerprint density at radius 3 is 1.77 bits per heavy atom. The SMILES string of the molecule is C=C(CCCC)NCCOCCOCCOCCNC(=C)COCCC.[HH].[HH]. The Labute approximate surface area is 163 Å². The normalized spacial score (nSPS) is 10.7. The van der Waals surface area contributed by atoms with Crippen LogP contribution in [0.4, 0.5) is 0 Å². The smallest absolute Gasteiger partial charge is 0.0856 e. The zero-order valence-electron chi connectivity index (χ0n) is 16.9. The first-order valence-corrected chi connectivity index (χ1v) is 9.84. The fourth-order valence-electron chi connectivity index (χ4n) is 2.01. The summed E-state index contributed by atoms with van der Waals surface area (Å²) in [5, 5.41) is 6.44. The van der Waals surface area contributed by atoms with Gasteiger partial charge in [-0.2, -0.15) is 0 Å². The van der Waals surface area contributed by atoms with E-state index >= 15 is 0 Å². The maximum Gasteiger partial charge on any atom is 0.0856 e. The molecule has 0 saturated heterocycles. The Balaban J connectivity index is -0.00000312. The molecule has 2 N–H and O–H groups in total. The van der Waals surface area contributed by atoms with Gasteiger partial charge in [0.2, 0.25) is 0 Å². The number of rotatable bonds is 21. The van der Waals surface area contributed by atoms with Gasteiger partial charge in [0.1, 0.15) is 0 Å². The van der Waals surface area contributed by atoms with Crippen LogP contribution < -0.4 is 10.6 Å². The Kier molecular flexibility index (Phi) is 19.4. The van der Waals surface area contributed by atoms with Crippen molar-refractivity contribution in [2.75, 3.05) is 65.9 Å². The Bertz CT molecular complexity index is 348. The van der Waals surface area contributed by atoms with Crippen molar-refractivity contribution in [1.29, 1.82) is 0 Å². The second kappa shape index (κ2) is 20.2. The van der Waals surface area contributed by atoms with Crippen molar-refractivity contribution in [3.63, 3.8) is 0 Å². The summed E-state index contributed by atoms with van der Waals surface area (Å²) >= 11 is 0. The standard InChI is InChI=1S/C20H40N2O4.2H2/c1-5-7-8-19(3)21-9-12-23-14-16-25-17-15-24-13-10-22-20(4)18-26-11-6-2;;/h21-22H,3-18H2,1-2H3;2*1H. The van der Waals surface area contributed by atoms with Crippen molar-refractivity contribution in [3.05, 3.63) is 24.6 Å². The number of ether oxygens (including phenoxy) is 4. The van der Waals surface area contributed by atoms with Crippen molar-refractivity contribution < 1.29 is 21.8 Å². The fourth-order valence-corrected chi connectivity index (χ4v) is 2.01. The van der Waals surface area contributed by atoms with Crippen molar-refractivity contribution in [3.8, 4) is 0 Å². The van der Waals surface area contributed by atoms with Crippen LogP contribution in [0.2, 0.25) is 0 Å². The first-order chi connectivity index (χ1) is 12.7. The minimum absolute atomic E-state index is 0. The molecule has 0 aromatic rings. The van der Waals surface area contributed by atoms with Crippen LogP contribution in [-0.4, -0.2) is 65.9 Å². The van der Waals surface area contributed by atoms with E-state index in [0.717, 1.165) is 43.9 Å². The Morgan fingerprint density at radius 1 is 0.692 bits per heavy atom. The fraction of sp³-hybridized carbons (Fsp3) is 0.800. The summed E-state index contributed by atoms with van der Waals surface area (Å²) in [5.41, 5.74) is 1.98. The van der Waals surface area contributed by atoms with Gasteiger partial charge < -0.3 is 29.6 Å². The molecule has 0 aliphatic carbocycles. The van der Waals surface area contributed by atoms with Crippen molar-refractivity contribution in [2.45, 2.75) is 39.5 Å². The van der Waals surface area contributed by atoms with Crippen LogP contribution in [0.15, 0.2) is 24.6 Å². The summed E-state index contributed by atoms with van der Waals surface area (Å²) in [4.78, 5) is 0. The molecule has 26 heavy (non-hydrogen) atoms. The first kappa shape index (κ1) is 24.9. The number of hydrogen-bond acceptors (Lipinski definition) is 6. The van der Waals surface area contributed by atoms with E-state index in [1.165, 1.54) is 12.8 Å². The van der Waals surface area contributed by atoms with Gasteiger partial charge in [-0.15, -0.1) is 0 Å². The minimum atomic E-state index is 0. The number of nitrogens with one attached hydrogen (secondary N) is 2. The molecule has 0 radical (unpaired) electrons. The monoisotopic (exact) mass is 376 g/mol. The van der Waals surface area contributed by atoms with Crippen LogP contribution in [0.5, 0.6) is 0 Å². The highest BCUT2D eigenvalue weighted by Crippen LogP contribution is 2.00. The predicted octanol–water partition coefficient (Wildman–Crippen LogP) is 3.35. The highest BCUT2D eigenvalue weighted by Gasteiger charge is 1.96.